The van der Waals surface area contributed by atoms with E-state index in [1.165, 1.54) is 12.1 Å². The fourth-order valence-electron chi connectivity index (χ4n) is 2.37. The SMILES string of the molecule is NCC1CCCN1c1ccc(S(=O)(=O)C(F)(F)F)cc1. The summed E-state index contributed by atoms with van der Waals surface area (Å²) in [6.45, 7) is 1.23. The van der Waals surface area contributed by atoms with Gasteiger partial charge in [0, 0.05) is 24.8 Å². The van der Waals surface area contributed by atoms with Crippen LogP contribution in [0.15, 0.2) is 29.2 Å². The molecule has 0 aromatic heterocycles. The summed E-state index contributed by atoms with van der Waals surface area (Å²) in [5.41, 5.74) is 1.05. The molecule has 1 aromatic rings. The lowest BCUT2D eigenvalue weighted by molar-refractivity contribution is -0.0436. The number of rotatable bonds is 3. The molecule has 1 aliphatic heterocycles. The average Bonchev–Trinajstić information content (AvgIpc) is 2.85. The Hall–Kier alpha value is -1.28. The van der Waals surface area contributed by atoms with Crippen LogP contribution in [0.3, 0.4) is 0 Å². The van der Waals surface area contributed by atoms with E-state index in [1.54, 1.807) is 0 Å². The van der Waals surface area contributed by atoms with Gasteiger partial charge in [-0.3, -0.25) is 0 Å². The van der Waals surface area contributed by atoms with Crippen molar-refractivity contribution in [3.05, 3.63) is 24.3 Å². The molecule has 0 radical (unpaired) electrons. The van der Waals surface area contributed by atoms with E-state index in [0.717, 1.165) is 31.5 Å². The Morgan fingerprint density at radius 2 is 1.85 bits per heavy atom. The third-order valence-corrected chi connectivity index (χ3v) is 4.93. The number of nitrogens with two attached hydrogens (primary N) is 1. The van der Waals surface area contributed by atoms with Crippen molar-refractivity contribution in [3.63, 3.8) is 0 Å². The second-order valence-electron chi connectivity index (χ2n) is 4.67. The van der Waals surface area contributed by atoms with Gasteiger partial charge in [0.25, 0.3) is 9.84 Å². The van der Waals surface area contributed by atoms with Gasteiger partial charge in [0.1, 0.15) is 0 Å². The molecule has 112 valence electrons. The van der Waals surface area contributed by atoms with Gasteiger partial charge >= 0.3 is 5.51 Å². The van der Waals surface area contributed by atoms with Gasteiger partial charge in [-0.1, -0.05) is 0 Å². The molecule has 0 saturated carbocycles. The van der Waals surface area contributed by atoms with Gasteiger partial charge in [-0.25, -0.2) is 8.42 Å². The maximum Gasteiger partial charge on any atom is 0.501 e. The third kappa shape index (κ3) is 2.62. The molecule has 2 N–H and O–H groups in total. The fraction of sp³-hybridized carbons (Fsp3) is 0.500. The van der Waals surface area contributed by atoms with Crippen LogP contribution in [0.4, 0.5) is 18.9 Å². The van der Waals surface area contributed by atoms with E-state index < -0.39 is 20.2 Å². The summed E-state index contributed by atoms with van der Waals surface area (Å²) in [6, 6.07) is 4.92. The number of halogens is 3. The van der Waals surface area contributed by atoms with Gasteiger partial charge in [-0.15, -0.1) is 0 Å². The van der Waals surface area contributed by atoms with Crippen molar-refractivity contribution < 1.29 is 21.6 Å². The summed E-state index contributed by atoms with van der Waals surface area (Å²) in [5.74, 6) is 0. The van der Waals surface area contributed by atoms with Gasteiger partial charge in [-0.2, -0.15) is 13.2 Å². The molecule has 1 atom stereocenters. The minimum atomic E-state index is -5.28. The molecule has 2 rings (SSSR count). The van der Waals surface area contributed by atoms with Crippen LogP contribution in [0.5, 0.6) is 0 Å². The topological polar surface area (TPSA) is 63.4 Å². The van der Waals surface area contributed by atoms with E-state index >= 15 is 0 Å². The highest BCUT2D eigenvalue weighted by molar-refractivity contribution is 7.92. The summed E-state index contributed by atoms with van der Waals surface area (Å²) in [5, 5.41) is 0. The summed E-state index contributed by atoms with van der Waals surface area (Å²) in [6.07, 6.45) is 1.89. The van der Waals surface area contributed by atoms with Gasteiger partial charge < -0.3 is 10.6 Å². The monoisotopic (exact) mass is 308 g/mol. The maximum absolute atomic E-state index is 12.4. The molecule has 20 heavy (non-hydrogen) atoms. The second-order valence-corrected chi connectivity index (χ2v) is 6.61. The van der Waals surface area contributed by atoms with Crippen molar-refractivity contribution in [1.29, 1.82) is 0 Å². The second kappa shape index (κ2) is 5.25. The summed E-state index contributed by atoms with van der Waals surface area (Å²) < 4.78 is 59.8. The van der Waals surface area contributed by atoms with E-state index in [1.807, 2.05) is 4.90 Å². The first-order valence-electron chi connectivity index (χ1n) is 6.15. The van der Waals surface area contributed by atoms with Crippen LogP contribution < -0.4 is 10.6 Å². The molecule has 0 spiro atoms. The molecule has 0 bridgehead atoms. The Kier molecular flexibility index (Phi) is 3.97. The van der Waals surface area contributed by atoms with Crippen molar-refractivity contribution in [1.82, 2.24) is 0 Å². The molecule has 1 aromatic carbocycles. The van der Waals surface area contributed by atoms with E-state index in [4.69, 9.17) is 5.73 Å². The van der Waals surface area contributed by atoms with E-state index in [0.29, 0.717) is 12.2 Å². The summed E-state index contributed by atoms with van der Waals surface area (Å²) >= 11 is 0. The molecule has 1 unspecified atom stereocenters. The summed E-state index contributed by atoms with van der Waals surface area (Å²) in [7, 11) is -5.28. The number of hydrogen-bond acceptors (Lipinski definition) is 4. The van der Waals surface area contributed by atoms with Crippen LogP contribution in [0, 0.1) is 0 Å². The third-order valence-electron chi connectivity index (χ3n) is 3.43. The first-order valence-corrected chi connectivity index (χ1v) is 7.64. The van der Waals surface area contributed by atoms with Crippen molar-refractivity contribution in [2.45, 2.75) is 29.3 Å². The van der Waals surface area contributed by atoms with E-state index in [-0.39, 0.29) is 6.04 Å². The zero-order valence-electron chi connectivity index (χ0n) is 10.6. The van der Waals surface area contributed by atoms with Crippen LogP contribution in [0.25, 0.3) is 0 Å². The van der Waals surface area contributed by atoms with Crippen molar-refractivity contribution in [2.24, 2.45) is 5.73 Å². The van der Waals surface area contributed by atoms with E-state index in [9.17, 15) is 21.6 Å². The molecule has 0 aliphatic carbocycles. The normalized spacial score (nSPS) is 20.4. The fourth-order valence-corrected chi connectivity index (χ4v) is 3.13. The lowest BCUT2D eigenvalue weighted by atomic mass is 10.2. The Balaban J connectivity index is 2.27. The molecule has 8 heteroatoms. The predicted molar refractivity (Wildman–Crippen MR) is 69.1 cm³/mol. The summed E-state index contributed by atoms with van der Waals surface area (Å²) in [4.78, 5) is 1.25. The molecule has 1 saturated heterocycles. The lowest BCUT2D eigenvalue weighted by Gasteiger charge is -2.25. The molecular weight excluding hydrogens is 293 g/mol. The first-order chi connectivity index (χ1) is 9.27. The minimum Gasteiger partial charge on any atom is -0.367 e. The number of alkyl halides is 3. The number of sulfone groups is 1. The first kappa shape index (κ1) is 15.1. The van der Waals surface area contributed by atoms with Gasteiger partial charge in [0.05, 0.1) is 4.90 Å². The number of anilines is 1. The molecular formula is C12H15F3N2O2S. The quantitative estimate of drug-likeness (QED) is 0.926. The number of benzene rings is 1. The standard InChI is InChI=1S/C12H15F3N2O2S/c13-12(14,15)20(18,19)11-5-3-9(4-6-11)17-7-1-2-10(17)8-16/h3-6,10H,1-2,7-8,16H2. The number of hydrogen-bond donors (Lipinski definition) is 1. The smallest absolute Gasteiger partial charge is 0.367 e. The highest BCUT2D eigenvalue weighted by Crippen LogP contribution is 2.32. The van der Waals surface area contributed by atoms with Gasteiger partial charge in [0.15, 0.2) is 0 Å². The zero-order chi connectivity index (χ0) is 15.0. The van der Waals surface area contributed by atoms with E-state index in [2.05, 4.69) is 0 Å². The Morgan fingerprint density at radius 3 is 2.35 bits per heavy atom. The van der Waals surface area contributed by atoms with Crippen LogP contribution in [0.1, 0.15) is 12.8 Å². The Labute approximate surface area is 115 Å². The van der Waals surface area contributed by atoms with Crippen molar-refractivity contribution >= 4 is 15.5 Å². The van der Waals surface area contributed by atoms with Crippen molar-refractivity contribution in [2.75, 3.05) is 18.0 Å². The van der Waals surface area contributed by atoms with Crippen LogP contribution >= 0.6 is 0 Å². The largest absolute Gasteiger partial charge is 0.501 e. The number of nitrogens with zero attached hydrogens (tertiary/aromatic N) is 1. The molecule has 1 heterocycles. The minimum absolute atomic E-state index is 0.153. The van der Waals surface area contributed by atoms with Gasteiger partial charge in [-0.05, 0) is 37.1 Å². The van der Waals surface area contributed by atoms with Gasteiger partial charge in [0.2, 0.25) is 0 Å². The zero-order valence-corrected chi connectivity index (χ0v) is 11.4. The molecule has 0 amide bonds. The van der Waals surface area contributed by atoms with Crippen LogP contribution in [-0.4, -0.2) is 33.1 Å². The maximum atomic E-state index is 12.4. The van der Waals surface area contributed by atoms with Crippen LogP contribution in [0.2, 0.25) is 0 Å². The highest BCUT2D eigenvalue weighted by atomic mass is 32.2. The van der Waals surface area contributed by atoms with Crippen LogP contribution in [-0.2, 0) is 9.84 Å². The lowest BCUT2D eigenvalue weighted by Crippen LogP contribution is -2.35. The average molecular weight is 308 g/mol. The molecule has 1 aliphatic rings. The molecule has 1 fully saturated rings. The highest BCUT2D eigenvalue weighted by Gasteiger charge is 2.46. The predicted octanol–water partition coefficient (Wildman–Crippen LogP) is 1.91. The van der Waals surface area contributed by atoms with Crippen molar-refractivity contribution in [3.8, 4) is 0 Å². The Bertz CT molecular complexity index is 569. The molecule has 4 nitrogen and oxygen atoms in total. The Morgan fingerprint density at radius 1 is 1.25 bits per heavy atom.